The van der Waals surface area contributed by atoms with E-state index in [2.05, 4.69) is 10.2 Å². The number of hydrogen-bond acceptors (Lipinski definition) is 3. The van der Waals surface area contributed by atoms with Crippen LogP contribution >= 0.6 is 24.8 Å². The zero-order valence-corrected chi connectivity index (χ0v) is 15.9. The molecule has 1 aromatic rings. The Balaban J connectivity index is 0.00000144. The average molecular weight is 379 g/mol. The zero-order valence-electron chi connectivity index (χ0n) is 14.3. The summed E-state index contributed by atoms with van der Waals surface area (Å²) < 4.78 is 20.1. The van der Waals surface area contributed by atoms with Crippen molar-refractivity contribution in [2.75, 3.05) is 33.3 Å². The van der Waals surface area contributed by atoms with Crippen molar-refractivity contribution in [2.24, 2.45) is 5.92 Å². The minimum Gasteiger partial charge on any atom is -0.494 e. The van der Waals surface area contributed by atoms with Crippen LogP contribution in [0.25, 0.3) is 0 Å². The van der Waals surface area contributed by atoms with E-state index in [1.807, 2.05) is 12.1 Å². The van der Waals surface area contributed by atoms with Crippen molar-refractivity contribution in [3.8, 4) is 5.75 Å². The van der Waals surface area contributed by atoms with Crippen LogP contribution in [-0.4, -0.2) is 38.2 Å². The van der Waals surface area contributed by atoms with Crippen LogP contribution in [0.4, 0.5) is 4.39 Å². The molecule has 2 fully saturated rings. The lowest BCUT2D eigenvalue weighted by molar-refractivity contribution is 0.100. The van der Waals surface area contributed by atoms with E-state index in [4.69, 9.17) is 4.74 Å². The van der Waals surface area contributed by atoms with Crippen LogP contribution in [0.15, 0.2) is 18.2 Å². The molecule has 0 radical (unpaired) electrons. The van der Waals surface area contributed by atoms with Gasteiger partial charge in [-0.2, -0.15) is 0 Å². The van der Waals surface area contributed by atoms with Crippen molar-refractivity contribution in [1.29, 1.82) is 0 Å². The molecule has 0 amide bonds. The Bertz CT molecular complexity index is 474. The first-order valence-corrected chi connectivity index (χ1v) is 8.58. The normalized spacial score (nSPS) is 20.6. The van der Waals surface area contributed by atoms with Gasteiger partial charge in [-0.3, -0.25) is 4.90 Å². The van der Waals surface area contributed by atoms with Crippen LogP contribution in [0.3, 0.4) is 0 Å². The number of nitrogens with zero attached hydrogens (tertiary/aromatic N) is 1. The number of benzene rings is 1. The first-order valence-electron chi connectivity index (χ1n) is 8.58. The highest BCUT2D eigenvalue weighted by atomic mass is 35.5. The SMILES string of the molecule is COc1cccc([C@H](C2CCCCC2)N2CCNCC2)c1F.Cl.Cl. The van der Waals surface area contributed by atoms with Gasteiger partial charge in [-0.05, 0) is 24.8 Å². The third kappa shape index (κ3) is 4.75. The third-order valence-corrected chi connectivity index (χ3v) is 5.17. The molecule has 3 nitrogen and oxygen atoms in total. The lowest BCUT2D eigenvalue weighted by Gasteiger charge is -2.41. The molecule has 6 heteroatoms. The van der Waals surface area contributed by atoms with E-state index in [0.29, 0.717) is 11.7 Å². The van der Waals surface area contributed by atoms with Crippen molar-refractivity contribution in [2.45, 2.75) is 38.1 Å². The summed E-state index contributed by atoms with van der Waals surface area (Å²) in [7, 11) is 1.54. The van der Waals surface area contributed by atoms with E-state index in [9.17, 15) is 4.39 Å². The van der Waals surface area contributed by atoms with Gasteiger partial charge in [-0.1, -0.05) is 31.4 Å². The van der Waals surface area contributed by atoms with Crippen LogP contribution in [0.5, 0.6) is 5.75 Å². The Hall–Kier alpha value is -0.550. The molecule has 0 aromatic heterocycles. The molecule has 0 spiro atoms. The standard InChI is InChI=1S/C18H27FN2O.2ClH/c1-22-16-9-5-8-15(17(16)19)18(14-6-3-2-4-7-14)21-12-10-20-11-13-21;;/h5,8-9,14,18,20H,2-4,6-7,10-13H2,1H3;2*1H/t18-;;/m0../s1. The van der Waals surface area contributed by atoms with Gasteiger partial charge in [0.05, 0.1) is 7.11 Å². The van der Waals surface area contributed by atoms with Crippen molar-refractivity contribution < 1.29 is 9.13 Å². The van der Waals surface area contributed by atoms with Crippen molar-refractivity contribution in [3.05, 3.63) is 29.6 Å². The van der Waals surface area contributed by atoms with Gasteiger partial charge >= 0.3 is 0 Å². The third-order valence-electron chi connectivity index (χ3n) is 5.17. The molecule has 1 aliphatic carbocycles. The van der Waals surface area contributed by atoms with E-state index in [1.165, 1.54) is 32.1 Å². The predicted octanol–water partition coefficient (Wildman–Crippen LogP) is 4.20. The highest BCUT2D eigenvalue weighted by Gasteiger charge is 2.33. The summed E-state index contributed by atoms with van der Waals surface area (Å²) in [5, 5.41) is 3.40. The maximum Gasteiger partial charge on any atom is 0.169 e. The monoisotopic (exact) mass is 378 g/mol. The lowest BCUT2D eigenvalue weighted by Crippen LogP contribution is -2.47. The number of methoxy groups -OCH3 is 1. The number of nitrogens with one attached hydrogen (secondary N) is 1. The molecule has 0 bridgehead atoms. The Morgan fingerprint density at radius 2 is 1.79 bits per heavy atom. The topological polar surface area (TPSA) is 24.5 Å². The molecule has 1 heterocycles. The molecule has 1 N–H and O–H groups in total. The highest BCUT2D eigenvalue weighted by molar-refractivity contribution is 5.85. The Morgan fingerprint density at radius 1 is 1.12 bits per heavy atom. The van der Waals surface area contributed by atoms with Gasteiger partial charge in [-0.15, -0.1) is 24.8 Å². The van der Waals surface area contributed by atoms with E-state index < -0.39 is 0 Å². The quantitative estimate of drug-likeness (QED) is 0.849. The summed E-state index contributed by atoms with van der Waals surface area (Å²) in [6, 6.07) is 5.79. The molecule has 1 saturated heterocycles. The first-order chi connectivity index (χ1) is 10.8. The molecule has 1 atom stereocenters. The molecule has 0 unspecified atom stereocenters. The minimum absolute atomic E-state index is 0. The molecular weight excluding hydrogens is 350 g/mol. The van der Waals surface area contributed by atoms with Gasteiger partial charge in [0.1, 0.15) is 0 Å². The highest BCUT2D eigenvalue weighted by Crippen LogP contribution is 2.40. The van der Waals surface area contributed by atoms with Gasteiger partial charge in [0.2, 0.25) is 0 Å². The van der Waals surface area contributed by atoms with Crippen LogP contribution in [-0.2, 0) is 0 Å². The predicted molar refractivity (Wildman–Crippen MR) is 101 cm³/mol. The molecule has 24 heavy (non-hydrogen) atoms. The number of halogens is 3. The van der Waals surface area contributed by atoms with Gasteiger partial charge < -0.3 is 10.1 Å². The average Bonchev–Trinajstić information content (AvgIpc) is 2.59. The second-order valence-electron chi connectivity index (χ2n) is 6.49. The molecule has 1 aromatic carbocycles. The Labute approximate surface area is 157 Å². The van der Waals surface area contributed by atoms with Gasteiger partial charge in [0.15, 0.2) is 11.6 Å². The number of rotatable bonds is 4. The fourth-order valence-corrected chi connectivity index (χ4v) is 4.07. The van der Waals surface area contributed by atoms with Crippen LogP contribution in [0, 0.1) is 11.7 Å². The number of hydrogen-bond donors (Lipinski definition) is 1. The molecule has 2 aliphatic rings. The summed E-state index contributed by atoms with van der Waals surface area (Å²) in [6.07, 6.45) is 6.31. The van der Waals surface area contributed by atoms with E-state index in [1.54, 1.807) is 13.2 Å². The summed E-state index contributed by atoms with van der Waals surface area (Å²) in [5.41, 5.74) is 0.827. The molecular formula is C18H29Cl2FN2O. The van der Waals surface area contributed by atoms with Gasteiger partial charge in [0, 0.05) is 37.8 Å². The zero-order chi connectivity index (χ0) is 15.4. The minimum atomic E-state index is -0.167. The van der Waals surface area contributed by atoms with E-state index >= 15 is 0 Å². The van der Waals surface area contributed by atoms with Crippen LogP contribution in [0.2, 0.25) is 0 Å². The van der Waals surface area contributed by atoms with Crippen molar-refractivity contribution in [1.82, 2.24) is 10.2 Å². The molecule has 1 saturated carbocycles. The summed E-state index contributed by atoms with van der Waals surface area (Å²) in [6.45, 7) is 3.99. The van der Waals surface area contributed by atoms with E-state index in [0.717, 1.165) is 31.7 Å². The second-order valence-corrected chi connectivity index (χ2v) is 6.49. The maximum absolute atomic E-state index is 14.9. The number of ether oxygens (including phenoxy) is 1. The Kier molecular flexibility index (Phi) is 9.35. The van der Waals surface area contributed by atoms with Crippen molar-refractivity contribution >= 4 is 24.8 Å². The second kappa shape index (κ2) is 10.4. The fourth-order valence-electron chi connectivity index (χ4n) is 4.07. The van der Waals surface area contributed by atoms with Gasteiger partial charge in [0.25, 0.3) is 0 Å². The van der Waals surface area contributed by atoms with E-state index in [-0.39, 0.29) is 36.7 Å². The lowest BCUT2D eigenvalue weighted by atomic mass is 9.80. The molecule has 3 rings (SSSR count). The molecule has 138 valence electrons. The smallest absolute Gasteiger partial charge is 0.169 e. The Morgan fingerprint density at radius 3 is 2.42 bits per heavy atom. The largest absolute Gasteiger partial charge is 0.494 e. The summed E-state index contributed by atoms with van der Waals surface area (Å²) in [5.74, 6) is 0.765. The van der Waals surface area contributed by atoms with Gasteiger partial charge in [-0.25, -0.2) is 4.39 Å². The van der Waals surface area contributed by atoms with Crippen LogP contribution in [0.1, 0.15) is 43.7 Å². The first kappa shape index (κ1) is 21.5. The van der Waals surface area contributed by atoms with Crippen LogP contribution < -0.4 is 10.1 Å². The number of piperazine rings is 1. The fraction of sp³-hybridized carbons (Fsp3) is 0.667. The maximum atomic E-state index is 14.9. The molecule has 1 aliphatic heterocycles. The summed E-state index contributed by atoms with van der Waals surface area (Å²) in [4.78, 5) is 2.48. The van der Waals surface area contributed by atoms with Crippen molar-refractivity contribution in [3.63, 3.8) is 0 Å². The summed E-state index contributed by atoms with van der Waals surface area (Å²) >= 11 is 0.